The van der Waals surface area contributed by atoms with Gasteiger partial charge in [-0.3, -0.25) is 13.9 Å². The van der Waals surface area contributed by atoms with Gasteiger partial charge in [0.25, 0.3) is 10.0 Å². The van der Waals surface area contributed by atoms with Gasteiger partial charge >= 0.3 is 0 Å². The van der Waals surface area contributed by atoms with Crippen molar-refractivity contribution >= 4 is 50.7 Å². The summed E-state index contributed by atoms with van der Waals surface area (Å²) in [7, 11) is -4.16. The Bertz CT molecular complexity index is 1350. The maximum Gasteiger partial charge on any atom is 0.264 e. The number of benzene rings is 3. The SMILES string of the molecule is CC(C)NC(=O)[C@@H](C)N(CCc1ccccc1)C(=O)CN(c1ccc(Cl)c(Cl)c1)S(=O)(=O)c1ccccc1. The Hall–Kier alpha value is -3.07. The molecule has 3 aromatic carbocycles. The van der Waals surface area contributed by atoms with Crippen LogP contribution >= 0.6 is 23.2 Å². The molecule has 0 bridgehead atoms. The van der Waals surface area contributed by atoms with E-state index in [2.05, 4.69) is 5.32 Å². The number of halogens is 2. The second-order valence-electron chi connectivity index (χ2n) is 9.09. The first-order valence-electron chi connectivity index (χ1n) is 12.2. The van der Waals surface area contributed by atoms with Crippen molar-refractivity contribution in [1.29, 1.82) is 0 Å². The molecule has 3 aromatic rings. The molecule has 10 heteroatoms. The van der Waals surface area contributed by atoms with E-state index in [0.29, 0.717) is 6.42 Å². The molecule has 38 heavy (non-hydrogen) atoms. The fourth-order valence-corrected chi connectivity index (χ4v) is 5.58. The van der Waals surface area contributed by atoms with E-state index in [4.69, 9.17) is 23.2 Å². The van der Waals surface area contributed by atoms with Crippen LogP contribution in [0.3, 0.4) is 0 Å². The third kappa shape index (κ3) is 7.49. The van der Waals surface area contributed by atoms with Crippen LogP contribution in [0.4, 0.5) is 5.69 Å². The Morgan fingerprint density at radius 1 is 0.868 bits per heavy atom. The first-order valence-corrected chi connectivity index (χ1v) is 14.4. The van der Waals surface area contributed by atoms with Crippen LogP contribution in [-0.4, -0.2) is 50.3 Å². The Balaban J connectivity index is 1.99. The van der Waals surface area contributed by atoms with Gasteiger partial charge in [-0.2, -0.15) is 0 Å². The van der Waals surface area contributed by atoms with Crippen LogP contribution in [0.5, 0.6) is 0 Å². The molecule has 0 aliphatic carbocycles. The van der Waals surface area contributed by atoms with Crippen LogP contribution in [0.25, 0.3) is 0 Å². The van der Waals surface area contributed by atoms with Gasteiger partial charge in [0.15, 0.2) is 0 Å². The first-order chi connectivity index (χ1) is 18.0. The number of hydrogen-bond donors (Lipinski definition) is 1. The number of nitrogens with zero attached hydrogens (tertiary/aromatic N) is 2. The van der Waals surface area contributed by atoms with Gasteiger partial charge < -0.3 is 10.2 Å². The second kappa shape index (κ2) is 13.1. The quantitative estimate of drug-likeness (QED) is 0.341. The highest BCUT2D eigenvalue weighted by Crippen LogP contribution is 2.30. The van der Waals surface area contributed by atoms with Gasteiger partial charge in [0.1, 0.15) is 12.6 Å². The predicted molar refractivity (Wildman–Crippen MR) is 152 cm³/mol. The minimum absolute atomic E-state index is 0.0142. The number of anilines is 1. The molecule has 3 rings (SSSR count). The monoisotopic (exact) mass is 575 g/mol. The average molecular weight is 577 g/mol. The predicted octanol–water partition coefficient (Wildman–Crippen LogP) is 5.17. The lowest BCUT2D eigenvalue weighted by Gasteiger charge is -2.32. The van der Waals surface area contributed by atoms with Crippen LogP contribution in [0.2, 0.25) is 10.0 Å². The summed E-state index contributed by atoms with van der Waals surface area (Å²) in [5, 5.41) is 3.23. The molecule has 0 unspecified atom stereocenters. The zero-order valence-electron chi connectivity index (χ0n) is 21.5. The van der Waals surface area contributed by atoms with Crippen LogP contribution in [-0.2, 0) is 26.0 Å². The third-order valence-corrected chi connectivity index (χ3v) is 8.41. The van der Waals surface area contributed by atoms with E-state index < -0.39 is 28.5 Å². The molecule has 2 amide bonds. The third-order valence-electron chi connectivity index (χ3n) is 5.88. The van der Waals surface area contributed by atoms with Gasteiger partial charge in [-0.15, -0.1) is 0 Å². The van der Waals surface area contributed by atoms with Crippen molar-refractivity contribution in [2.45, 2.75) is 44.2 Å². The van der Waals surface area contributed by atoms with Crippen molar-refractivity contribution in [1.82, 2.24) is 10.2 Å². The van der Waals surface area contributed by atoms with E-state index in [0.717, 1.165) is 9.87 Å². The lowest BCUT2D eigenvalue weighted by atomic mass is 10.1. The summed E-state index contributed by atoms with van der Waals surface area (Å²) in [4.78, 5) is 28.1. The highest BCUT2D eigenvalue weighted by molar-refractivity contribution is 7.92. The van der Waals surface area contributed by atoms with Crippen LogP contribution in [0, 0.1) is 0 Å². The summed E-state index contributed by atoms with van der Waals surface area (Å²) in [6, 6.07) is 20.8. The van der Waals surface area contributed by atoms with Crippen molar-refractivity contribution in [2.75, 3.05) is 17.4 Å². The minimum Gasteiger partial charge on any atom is -0.352 e. The van der Waals surface area contributed by atoms with Gasteiger partial charge in [0, 0.05) is 12.6 Å². The van der Waals surface area contributed by atoms with Crippen LogP contribution in [0.15, 0.2) is 83.8 Å². The molecule has 7 nitrogen and oxygen atoms in total. The number of carbonyl (C=O) groups is 2. The van der Waals surface area contributed by atoms with E-state index in [9.17, 15) is 18.0 Å². The fourth-order valence-electron chi connectivity index (χ4n) is 3.86. The molecule has 0 fully saturated rings. The molecule has 0 aliphatic heterocycles. The molecule has 0 aliphatic rings. The number of sulfonamides is 1. The molecule has 0 spiro atoms. The summed E-state index contributed by atoms with van der Waals surface area (Å²) < 4.78 is 28.4. The van der Waals surface area contributed by atoms with Crippen molar-refractivity contribution in [3.05, 3.63) is 94.5 Å². The van der Waals surface area contributed by atoms with Crippen molar-refractivity contribution < 1.29 is 18.0 Å². The van der Waals surface area contributed by atoms with E-state index in [1.807, 2.05) is 44.2 Å². The zero-order chi connectivity index (χ0) is 27.9. The minimum atomic E-state index is -4.16. The molecule has 1 atom stereocenters. The Morgan fingerprint density at radius 3 is 2.05 bits per heavy atom. The molecule has 202 valence electrons. The van der Waals surface area contributed by atoms with Gasteiger partial charge in [0.2, 0.25) is 11.8 Å². The number of carbonyl (C=O) groups excluding carboxylic acids is 2. The van der Waals surface area contributed by atoms with Gasteiger partial charge in [-0.1, -0.05) is 71.7 Å². The van der Waals surface area contributed by atoms with Gasteiger partial charge in [0.05, 0.1) is 20.6 Å². The fraction of sp³-hybridized carbons (Fsp3) is 0.286. The Labute approximate surface area is 234 Å². The summed E-state index contributed by atoms with van der Waals surface area (Å²) in [6.07, 6.45) is 0.490. The van der Waals surface area contributed by atoms with Gasteiger partial charge in [-0.25, -0.2) is 8.42 Å². The molecule has 0 saturated heterocycles. The van der Waals surface area contributed by atoms with E-state index in [1.54, 1.807) is 25.1 Å². The van der Waals surface area contributed by atoms with Crippen molar-refractivity contribution in [2.24, 2.45) is 0 Å². The molecular weight excluding hydrogens is 545 g/mol. The van der Waals surface area contributed by atoms with Gasteiger partial charge in [-0.05, 0) is 63.1 Å². The smallest absolute Gasteiger partial charge is 0.264 e. The molecule has 0 saturated carbocycles. The van der Waals surface area contributed by atoms with E-state index in [1.165, 1.54) is 35.2 Å². The number of rotatable bonds is 11. The zero-order valence-corrected chi connectivity index (χ0v) is 23.8. The summed E-state index contributed by atoms with van der Waals surface area (Å²) in [5.74, 6) is -0.855. The van der Waals surface area contributed by atoms with Crippen molar-refractivity contribution in [3.8, 4) is 0 Å². The van der Waals surface area contributed by atoms with Crippen molar-refractivity contribution in [3.63, 3.8) is 0 Å². The summed E-state index contributed by atoms with van der Waals surface area (Å²) in [5.41, 5.74) is 1.17. The molecule has 1 N–H and O–H groups in total. The highest BCUT2D eigenvalue weighted by Gasteiger charge is 2.32. The van der Waals surface area contributed by atoms with E-state index >= 15 is 0 Å². The molecular formula is C28H31Cl2N3O4S. The lowest BCUT2D eigenvalue weighted by molar-refractivity contribution is -0.139. The summed E-state index contributed by atoms with van der Waals surface area (Å²) >= 11 is 12.3. The maximum atomic E-state index is 13.8. The molecule has 0 radical (unpaired) electrons. The molecule has 0 aromatic heterocycles. The number of hydrogen-bond acceptors (Lipinski definition) is 4. The van der Waals surface area contributed by atoms with Crippen LogP contribution in [0.1, 0.15) is 26.3 Å². The maximum absolute atomic E-state index is 13.8. The lowest BCUT2D eigenvalue weighted by Crippen LogP contribution is -2.53. The first kappa shape index (κ1) is 29.5. The van der Waals surface area contributed by atoms with E-state index in [-0.39, 0.29) is 39.1 Å². The second-order valence-corrected chi connectivity index (χ2v) is 11.8. The largest absolute Gasteiger partial charge is 0.352 e. The Morgan fingerprint density at radius 2 is 1.47 bits per heavy atom. The number of amides is 2. The Kier molecular flexibility index (Phi) is 10.2. The topological polar surface area (TPSA) is 86.8 Å². The molecule has 0 heterocycles. The summed E-state index contributed by atoms with van der Waals surface area (Å²) in [6.45, 7) is 4.98. The van der Waals surface area contributed by atoms with Crippen LogP contribution < -0.4 is 9.62 Å². The standard InChI is InChI=1S/C28H31Cl2N3O4S/c1-20(2)31-28(35)21(3)32(17-16-22-10-6-4-7-11-22)27(34)19-33(23-14-15-25(29)26(30)18-23)38(36,37)24-12-8-5-9-13-24/h4-15,18,20-21H,16-17,19H2,1-3H3,(H,31,35)/t21-/m1/s1. The average Bonchev–Trinajstić information content (AvgIpc) is 2.89. The highest BCUT2D eigenvalue weighted by atomic mass is 35.5. The number of nitrogens with one attached hydrogen (secondary N) is 1. The normalized spacial score (nSPS) is 12.2.